The average molecular weight is 239 g/mol. The molecule has 0 saturated heterocycles. The summed E-state index contributed by atoms with van der Waals surface area (Å²) in [4.78, 5) is 26.6. The summed E-state index contributed by atoms with van der Waals surface area (Å²) in [5.74, 6) is -1.98. The van der Waals surface area contributed by atoms with Gasteiger partial charge in [-0.15, -0.1) is 0 Å². The molecule has 9 heteroatoms. The fourth-order valence-corrected chi connectivity index (χ4v) is 2.43. The first-order valence-corrected chi connectivity index (χ1v) is 5.79. The zero-order chi connectivity index (χ0) is 10.9. The van der Waals surface area contributed by atoms with Crippen molar-refractivity contribution in [2.45, 2.75) is 5.85 Å². The Labute approximate surface area is 81.9 Å². The van der Waals surface area contributed by atoms with Gasteiger partial charge in [-0.2, -0.15) is 0 Å². The molecule has 78 valence electrons. The average Bonchev–Trinajstić information content (AvgIpc) is 2.48. The lowest BCUT2D eigenvalue weighted by Gasteiger charge is -2.08. The quantitative estimate of drug-likeness (QED) is 0.408. The number of aliphatic hydroxyl groups is 1. The Morgan fingerprint density at radius 2 is 2.07 bits per heavy atom. The van der Waals surface area contributed by atoms with E-state index in [2.05, 4.69) is 0 Å². The zero-order valence-electron chi connectivity index (χ0n) is 6.60. The first kappa shape index (κ1) is 11.3. The predicted molar refractivity (Wildman–Crippen MR) is 48.0 cm³/mol. The molecule has 0 aromatic carbocycles. The molecular formula is C5H6NO6PS. The van der Waals surface area contributed by atoms with Crippen LogP contribution in [0.3, 0.4) is 0 Å². The molecule has 14 heavy (non-hydrogen) atoms. The van der Waals surface area contributed by atoms with E-state index in [1.165, 1.54) is 0 Å². The Bertz CT molecular complexity index is 397. The third-order valence-corrected chi connectivity index (χ3v) is 3.55. The van der Waals surface area contributed by atoms with Crippen LogP contribution in [0.15, 0.2) is 12.1 Å². The molecule has 1 unspecified atom stereocenters. The van der Waals surface area contributed by atoms with Gasteiger partial charge in [0.25, 0.3) is 0 Å². The van der Waals surface area contributed by atoms with Crippen molar-refractivity contribution in [1.82, 2.24) is 0 Å². The van der Waals surface area contributed by atoms with E-state index in [1.54, 1.807) is 0 Å². The van der Waals surface area contributed by atoms with Gasteiger partial charge in [0.05, 0.1) is 9.80 Å². The van der Waals surface area contributed by atoms with Crippen LogP contribution in [0, 0.1) is 10.1 Å². The maximum atomic E-state index is 10.6. The summed E-state index contributed by atoms with van der Waals surface area (Å²) in [6.07, 6.45) is 0. The molecule has 1 aromatic heterocycles. The van der Waals surface area contributed by atoms with Crippen LogP contribution in [0.1, 0.15) is 10.7 Å². The molecule has 7 nitrogen and oxygen atoms in total. The molecular weight excluding hydrogens is 233 g/mol. The summed E-state index contributed by atoms with van der Waals surface area (Å²) in [6.45, 7) is 0. The normalized spacial score (nSPS) is 13.9. The Morgan fingerprint density at radius 3 is 2.43 bits per heavy atom. The highest BCUT2D eigenvalue weighted by Crippen LogP contribution is 2.51. The van der Waals surface area contributed by atoms with Crippen LogP contribution in [0.2, 0.25) is 0 Å². The zero-order valence-corrected chi connectivity index (χ0v) is 8.31. The predicted octanol–water partition coefficient (Wildman–Crippen LogP) is 0.825. The van der Waals surface area contributed by atoms with Crippen molar-refractivity contribution in [1.29, 1.82) is 0 Å². The third-order valence-electron chi connectivity index (χ3n) is 1.37. The van der Waals surface area contributed by atoms with Gasteiger partial charge in [0.1, 0.15) is 0 Å². The van der Waals surface area contributed by atoms with Crippen molar-refractivity contribution in [3.05, 3.63) is 27.1 Å². The maximum absolute atomic E-state index is 10.6. The van der Waals surface area contributed by atoms with E-state index >= 15 is 0 Å². The largest absolute Gasteiger partial charge is 0.376 e. The van der Waals surface area contributed by atoms with E-state index in [1.807, 2.05) is 0 Å². The Morgan fingerprint density at radius 1 is 1.50 bits per heavy atom. The molecule has 1 atom stereocenters. The monoisotopic (exact) mass is 239 g/mol. The van der Waals surface area contributed by atoms with E-state index in [4.69, 9.17) is 14.9 Å². The van der Waals surface area contributed by atoms with Gasteiger partial charge in [-0.05, 0) is 6.07 Å². The summed E-state index contributed by atoms with van der Waals surface area (Å²) in [7, 11) is -4.65. The van der Waals surface area contributed by atoms with Crippen molar-refractivity contribution in [2.75, 3.05) is 0 Å². The van der Waals surface area contributed by atoms with Gasteiger partial charge in [-0.25, -0.2) is 0 Å². The first-order chi connectivity index (χ1) is 6.32. The lowest BCUT2D eigenvalue weighted by Crippen LogP contribution is -1.94. The van der Waals surface area contributed by atoms with Crippen molar-refractivity contribution < 1.29 is 24.4 Å². The summed E-state index contributed by atoms with van der Waals surface area (Å²) < 4.78 is 10.6. The smallest absolute Gasteiger partial charge is 0.359 e. The van der Waals surface area contributed by atoms with E-state index in [9.17, 15) is 14.7 Å². The Hall–Kier alpha value is -0.790. The van der Waals surface area contributed by atoms with E-state index < -0.39 is 18.4 Å². The van der Waals surface area contributed by atoms with Gasteiger partial charge in [-0.1, -0.05) is 11.3 Å². The maximum Gasteiger partial charge on any atom is 0.359 e. The molecule has 0 saturated carbocycles. The number of rotatable bonds is 3. The van der Waals surface area contributed by atoms with Crippen LogP contribution in [-0.2, 0) is 4.57 Å². The van der Waals surface area contributed by atoms with Gasteiger partial charge < -0.3 is 14.9 Å². The van der Waals surface area contributed by atoms with Crippen LogP contribution >= 0.6 is 18.9 Å². The number of hydrogen-bond donors (Lipinski definition) is 3. The second-order valence-electron chi connectivity index (χ2n) is 2.40. The molecule has 1 heterocycles. The highest BCUT2D eigenvalue weighted by molar-refractivity contribution is 7.52. The summed E-state index contributed by atoms with van der Waals surface area (Å²) in [5, 5.41) is 19.0. The number of nitrogens with zero attached hydrogens (tertiary/aromatic N) is 1. The molecule has 3 N–H and O–H groups in total. The van der Waals surface area contributed by atoms with Crippen molar-refractivity contribution in [3.8, 4) is 0 Å². The molecule has 0 aliphatic heterocycles. The Kier molecular flexibility index (Phi) is 3.03. The SMILES string of the molecule is O=[N+]([O-])c1ccc(C(O)P(=O)(O)O)s1. The summed E-state index contributed by atoms with van der Waals surface area (Å²) in [5.41, 5.74) is 0. The minimum Gasteiger partial charge on any atom is -0.376 e. The van der Waals surface area contributed by atoms with Crippen LogP contribution in [-0.4, -0.2) is 19.8 Å². The molecule has 0 aliphatic rings. The summed E-state index contributed by atoms with van der Waals surface area (Å²) >= 11 is 0.535. The molecule has 0 radical (unpaired) electrons. The fourth-order valence-electron chi connectivity index (χ4n) is 0.745. The number of nitro groups is 1. The van der Waals surface area contributed by atoms with E-state index in [0.29, 0.717) is 11.3 Å². The van der Waals surface area contributed by atoms with Crippen molar-refractivity contribution in [2.24, 2.45) is 0 Å². The highest BCUT2D eigenvalue weighted by atomic mass is 32.1. The lowest BCUT2D eigenvalue weighted by molar-refractivity contribution is -0.380. The second-order valence-corrected chi connectivity index (χ2v) is 5.16. The topological polar surface area (TPSA) is 121 Å². The van der Waals surface area contributed by atoms with Crippen molar-refractivity contribution >= 4 is 23.9 Å². The molecule has 0 spiro atoms. The highest BCUT2D eigenvalue weighted by Gasteiger charge is 2.30. The van der Waals surface area contributed by atoms with Crippen LogP contribution in [0.5, 0.6) is 0 Å². The van der Waals surface area contributed by atoms with E-state index in [0.717, 1.165) is 12.1 Å². The first-order valence-electron chi connectivity index (χ1n) is 3.30. The van der Waals surface area contributed by atoms with Crippen LogP contribution < -0.4 is 0 Å². The van der Waals surface area contributed by atoms with Crippen LogP contribution in [0.25, 0.3) is 0 Å². The standard InChI is InChI=1S/C5H6NO6PS/c7-5(13(10,11)12)3-1-2-4(14-3)6(8)9/h1-2,5,7H,(H2,10,11,12). The molecule has 0 fully saturated rings. The summed E-state index contributed by atoms with van der Waals surface area (Å²) in [6, 6.07) is 2.20. The van der Waals surface area contributed by atoms with Gasteiger partial charge in [-0.3, -0.25) is 14.7 Å². The minimum atomic E-state index is -4.65. The third kappa shape index (κ3) is 2.37. The number of aliphatic hydroxyl groups excluding tert-OH is 1. The minimum absolute atomic E-state index is 0.120. The van der Waals surface area contributed by atoms with Crippen molar-refractivity contribution in [3.63, 3.8) is 0 Å². The van der Waals surface area contributed by atoms with E-state index in [-0.39, 0.29) is 9.88 Å². The molecule has 1 aromatic rings. The lowest BCUT2D eigenvalue weighted by atomic mass is 10.5. The van der Waals surface area contributed by atoms with Gasteiger partial charge >= 0.3 is 12.6 Å². The van der Waals surface area contributed by atoms with Crippen LogP contribution in [0.4, 0.5) is 5.00 Å². The molecule has 1 rings (SSSR count). The van der Waals surface area contributed by atoms with Gasteiger partial charge in [0, 0.05) is 6.07 Å². The van der Waals surface area contributed by atoms with Gasteiger partial charge in [0.15, 0.2) is 5.85 Å². The number of hydrogen-bond acceptors (Lipinski definition) is 5. The Balaban J connectivity index is 2.98. The number of thiophene rings is 1. The fraction of sp³-hybridized carbons (Fsp3) is 0.200. The molecule has 0 amide bonds. The molecule has 0 bridgehead atoms. The second kappa shape index (κ2) is 3.76. The van der Waals surface area contributed by atoms with Gasteiger partial charge in [0.2, 0.25) is 0 Å². The molecule has 0 aliphatic carbocycles.